The van der Waals surface area contributed by atoms with Crippen molar-refractivity contribution in [3.8, 4) is 0 Å². The van der Waals surface area contributed by atoms with Crippen LogP contribution in [0.25, 0.3) is 0 Å². The lowest BCUT2D eigenvalue weighted by atomic mass is 9.86. The van der Waals surface area contributed by atoms with Crippen LogP contribution < -0.4 is 5.32 Å². The van der Waals surface area contributed by atoms with Gasteiger partial charge in [0.25, 0.3) is 11.8 Å². The zero-order valence-corrected chi connectivity index (χ0v) is 33.6. The van der Waals surface area contributed by atoms with Crippen LogP contribution in [-0.2, 0) is 16.0 Å². The Morgan fingerprint density at radius 2 is 1.66 bits per heavy atom. The summed E-state index contributed by atoms with van der Waals surface area (Å²) in [5.41, 5.74) is 4.51. The fourth-order valence-corrected chi connectivity index (χ4v) is 9.82. The standard InChI is InChI=1S/C46H58F2N6O4/c47-46(48)20-17-36(18-21-46)43(55)50-40(34-10-2-1-3-11-34)19-25-51-26-27-52(28-33-31-58-32-33)37(29-51)30-53(41-16-8-12-35-13-9-22-49-42(35)41)23-6-7-24-54-44(56)38-14-4-5-15-39(38)45(54)57/h1-5,9-11,13-15,22,33,36-37,40-41H,6-8,12,16-21,23-32H2,(H,50,55)/t37-,40+,41+/m1/s1. The molecule has 0 radical (unpaired) electrons. The van der Waals surface area contributed by atoms with Crippen LogP contribution in [0.2, 0.25) is 0 Å². The number of pyridine rings is 1. The molecule has 1 saturated carbocycles. The Bertz CT molecular complexity index is 1850. The first-order valence-corrected chi connectivity index (χ1v) is 21.6. The molecule has 5 aliphatic rings. The SMILES string of the molecule is O=C(N[C@@H](CCN1CCN(CC2COC2)[C@@H](CN(CCCCN2C(=O)c3ccccc3C2=O)[C@H]2CCCc3cccnc32)C1)c1ccccc1)C1CCC(F)(F)CC1. The number of piperazine rings is 1. The molecule has 2 saturated heterocycles. The van der Waals surface area contributed by atoms with Gasteiger partial charge in [-0.1, -0.05) is 48.5 Å². The fourth-order valence-electron chi connectivity index (χ4n) is 9.82. The summed E-state index contributed by atoms with van der Waals surface area (Å²) in [6.45, 7) is 8.22. The lowest BCUT2D eigenvalue weighted by molar-refractivity contribution is -0.130. The molecule has 10 nitrogen and oxygen atoms in total. The third-order valence-electron chi connectivity index (χ3n) is 13.2. The summed E-state index contributed by atoms with van der Waals surface area (Å²) in [4.78, 5) is 53.9. The van der Waals surface area contributed by atoms with Gasteiger partial charge in [-0.25, -0.2) is 8.78 Å². The maximum absolute atomic E-state index is 13.9. The number of aromatic nitrogens is 1. The van der Waals surface area contributed by atoms with Gasteiger partial charge in [-0.3, -0.25) is 34.1 Å². The molecular weight excluding hydrogens is 739 g/mol. The van der Waals surface area contributed by atoms with Crippen molar-refractivity contribution < 1.29 is 27.9 Å². The minimum absolute atomic E-state index is 0.116. The minimum Gasteiger partial charge on any atom is -0.381 e. The van der Waals surface area contributed by atoms with Crippen LogP contribution in [0, 0.1) is 11.8 Å². The average molecular weight is 797 g/mol. The Morgan fingerprint density at radius 3 is 2.38 bits per heavy atom. The molecule has 3 amide bonds. The summed E-state index contributed by atoms with van der Waals surface area (Å²) in [5.74, 6) is -3.05. The Balaban J connectivity index is 0.955. The number of halogens is 2. The van der Waals surface area contributed by atoms with Gasteiger partial charge in [0.2, 0.25) is 11.8 Å². The van der Waals surface area contributed by atoms with Gasteiger partial charge in [0.05, 0.1) is 42.1 Å². The summed E-state index contributed by atoms with van der Waals surface area (Å²) in [6, 6.07) is 21.6. The maximum Gasteiger partial charge on any atom is 0.261 e. The van der Waals surface area contributed by atoms with Crippen molar-refractivity contribution in [1.29, 1.82) is 0 Å². The number of ether oxygens (including phenoxy) is 1. The van der Waals surface area contributed by atoms with Gasteiger partial charge in [-0.15, -0.1) is 0 Å². The van der Waals surface area contributed by atoms with E-state index in [1.54, 1.807) is 24.3 Å². The van der Waals surface area contributed by atoms with Crippen LogP contribution >= 0.6 is 0 Å². The van der Waals surface area contributed by atoms with E-state index in [-0.39, 0.29) is 67.4 Å². The van der Waals surface area contributed by atoms with E-state index in [1.807, 2.05) is 42.6 Å². The molecular formula is C46H58F2N6O4. The molecule has 0 unspecified atom stereocenters. The molecule has 0 spiro atoms. The van der Waals surface area contributed by atoms with Crippen molar-refractivity contribution in [3.63, 3.8) is 0 Å². The van der Waals surface area contributed by atoms with Gasteiger partial charge in [-0.05, 0) is 87.2 Å². The third-order valence-corrected chi connectivity index (χ3v) is 13.2. The normalized spacial score (nSPS) is 23.4. The number of nitrogens with one attached hydrogen (secondary N) is 1. The monoisotopic (exact) mass is 796 g/mol. The number of rotatable bonds is 16. The Hall–Kier alpha value is -4.10. The van der Waals surface area contributed by atoms with Gasteiger partial charge in [0.15, 0.2) is 0 Å². The van der Waals surface area contributed by atoms with E-state index in [0.29, 0.717) is 23.6 Å². The van der Waals surface area contributed by atoms with Crippen LogP contribution in [0.1, 0.15) is 107 Å². The average Bonchev–Trinajstić information content (AvgIpc) is 3.47. The number of amides is 3. The number of fused-ring (bicyclic) bond motifs is 2. The molecule has 4 heterocycles. The van der Waals surface area contributed by atoms with Crippen molar-refractivity contribution in [3.05, 3.63) is 101 Å². The van der Waals surface area contributed by atoms with Crippen molar-refractivity contribution in [2.75, 3.05) is 65.6 Å². The van der Waals surface area contributed by atoms with Crippen LogP contribution in [0.4, 0.5) is 8.78 Å². The second kappa shape index (κ2) is 18.4. The molecule has 1 aromatic heterocycles. The number of unbranched alkanes of at least 4 members (excludes halogenated alkanes) is 1. The fraction of sp³-hybridized carbons (Fsp3) is 0.565. The summed E-state index contributed by atoms with van der Waals surface area (Å²) >= 11 is 0. The number of hydrogen-bond acceptors (Lipinski definition) is 8. The highest BCUT2D eigenvalue weighted by molar-refractivity contribution is 6.21. The second-order valence-electron chi connectivity index (χ2n) is 17.2. The lowest BCUT2D eigenvalue weighted by Gasteiger charge is -2.47. The smallest absolute Gasteiger partial charge is 0.261 e. The van der Waals surface area contributed by atoms with Crippen LogP contribution in [-0.4, -0.2) is 120 Å². The van der Waals surface area contributed by atoms with Crippen LogP contribution in [0.3, 0.4) is 0 Å². The number of aryl methyl sites for hydroxylation is 1. The Morgan fingerprint density at radius 1 is 0.914 bits per heavy atom. The topological polar surface area (TPSA) is 98.3 Å². The van der Waals surface area contributed by atoms with Gasteiger partial charge < -0.3 is 15.0 Å². The summed E-state index contributed by atoms with van der Waals surface area (Å²) in [7, 11) is 0. The van der Waals surface area contributed by atoms with Crippen molar-refractivity contribution in [2.45, 2.75) is 88.3 Å². The number of alkyl halides is 2. The van der Waals surface area contributed by atoms with Gasteiger partial charge in [-0.2, -0.15) is 0 Å². The number of benzene rings is 2. The second-order valence-corrected chi connectivity index (χ2v) is 17.2. The summed E-state index contributed by atoms with van der Waals surface area (Å²) < 4.78 is 33.5. The molecule has 0 bridgehead atoms. The highest BCUT2D eigenvalue weighted by Gasteiger charge is 2.39. The highest BCUT2D eigenvalue weighted by atomic mass is 19.3. The molecule has 3 aromatic rings. The lowest BCUT2D eigenvalue weighted by Crippen LogP contribution is -2.59. The number of hydrogen-bond donors (Lipinski definition) is 1. The van der Waals surface area contributed by atoms with E-state index in [4.69, 9.17) is 9.72 Å². The summed E-state index contributed by atoms with van der Waals surface area (Å²) in [5, 5.41) is 3.28. The van der Waals surface area contributed by atoms with E-state index in [1.165, 1.54) is 16.2 Å². The molecule has 310 valence electrons. The largest absolute Gasteiger partial charge is 0.381 e. The van der Waals surface area contributed by atoms with Gasteiger partial charge in [0, 0.05) is 82.7 Å². The molecule has 2 aromatic carbocycles. The third kappa shape index (κ3) is 9.51. The minimum atomic E-state index is -2.67. The zero-order chi connectivity index (χ0) is 40.1. The Kier molecular flexibility index (Phi) is 12.9. The number of carbonyl (C=O) groups excluding carboxylic acids is 3. The molecule has 8 rings (SSSR count). The zero-order valence-electron chi connectivity index (χ0n) is 33.6. The van der Waals surface area contributed by atoms with Crippen LogP contribution in [0.5, 0.6) is 0 Å². The van der Waals surface area contributed by atoms with E-state index in [9.17, 15) is 23.2 Å². The summed E-state index contributed by atoms with van der Waals surface area (Å²) in [6.07, 6.45) is 7.35. The molecule has 3 fully saturated rings. The molecule has 3 atom stereocenters. The first-order valence-electron chi connectivity index (χ1n) is 21.6. The van der Waals surface area contributed by atoms with Crippen molar-refractivity contribution in [1.82, 2.24) is 29.9 Å². The number of carbonyl (C=O) groups is 3. The highest BCUT2D eigenvalue weighted by Crippen LogP contribution is 2.37. The molecule has 2 aliphatic carbocycles. The van der Waals surface area contributed by atoms with Gasteiger partial charge in [0.1, 0.15) is 0 Å². The first kappa shape index (κ1) is 40.7. The van der Waals surface area contributed by atoms with E-state index < -0.39 is 5.92 Å². The van der Waals surface area contributed by atoms with Crippen LogP contribution in [0.15, 0.2) is 72.9 Å². The van der Waals surface area contributed by atoms with Crippen molar-refractivity contribution in [2.24, 2.45) is 11.8 Å². The predicted molar refractivity (Wildman–Crippen MR) is 217 cm³/mol. The molecule has 3 aliphatic heterocycles. The first-order chi connectivity index (χ1) is 28.2. The molecule has 1 N–H and O–H groups in total. The Labute approximate surface area is 341 Å². The van der Waals surface area contributed by atoms with Gasteiger partial charge >= 0.3 is 0 Å². The van der Waals surface area contributed by atoms with E-state index >= 15 is 0 Å². The number of imide groups is 1. The quantitative estimate of drug-likeness (QED) is 0.129. The van der Waals surface area contributed by atoms with E-state index in [0.717, 1.165) is 103 Å². The maximum atomic E-state index is 13.9. The van der Waals surface area contributed by atoms with E-state index in [2.05, 4.69) is 26.1 Å². The molecule has 58 heavy (non-hydrogen) atoms. The van der Waals surface area contributed by atoms with Crippen molar-refractivity contribution >= 4 is 17.7 Å². The predicted octanol–water partition coefficient (Wildman–Crippen LogP) is 6.54. The number of nitrogens with zero attached hydrogens (tertiary/aromatic N) is 5. The molecule has 12 heteroatoms.